The predicted octanol–water partition coefficient (Wildman–Crippen LogP) is 2.70. The van der Waals surface area contributed by atoms with Gasteiger partial charge < -0.3 is 10.0 Å². The fourth-order valence-corrected chi connectivity index (χ4v) is 4.94. The second kappa shape index (κ2) is 9.77. The third-order valence-electron chi connectivity index (χ3n) is 5.93. The number of piperidine rings is 1. The van der Waals surface area contributed by atoms with Crippen molar-refractivity contribution in [3.63, 3.8) is 0 Å². The summed E-state index contributed by atoms with van der Waals surface area (Å²) in [6.07, 6.45) is 3.03. The molecule has 0 spiro atoms. The van der Waals surface area contributed by atoms with E-state index in [1.807, 2.05) is 37.8 Å². The van der Waals surface area contributed by atoms with Crippen molar-refractivity contribution in [2.45, 2.75) is 52.1 Å². The molecule has 0 bridgehead atoms. The molecule has 1 fully saturated rings. The van der Waals surface area contributed by atoms with Crippen molar-refractivity contribution < 1.29 is 9.90 Å². The van der Waals surface area contributed by atoms with Gasteiger partial charge in [-0.25, -0.2) is 9.79 Å². The van der Waals surface area contributed by atoms with E-state index in [0.717, 1.165) is 45.7 Å². The maximum atomic E-state index is 13.1. The summed E-state index contributed by atoms with van der Waals surface area (Å²) in [5.74, 6) is -0.429. The molecule has 32 heavy (non-hydrogen) atoms. The largest absolute Gasteiger partial charge is 0.494 e. The Labute approximate surface area is 191 Å². The number of likely N-dealkylation sites (tertiary alicyclic amines) is 1. The molecule has 2 atom stereocenters. The van der Waals surface area contributed by atoms with Gasteiger partial charge in [-0.2, -0.15) is 0 Å². The Morgan fingerprint density at radius 2 is 1.69 bits per heavy atom. The fourth-order valence-electron chi connectivity index (χ4n) is 4.04. The smallest absolute Gasteiger partial charge is 0.333 e. The van der Waals surface area contributed by atoms with E-state index in [-0.39, 0.29) is 34.4 Å². The highest BCUT2D eigenvalue weighted by Gasteiger charge is 2.30. The number of aromatic hydroxyl groups is 1. The van der Waals surface area contributed by atoms with Crippen molar-refractivity contribution in [3.8, 4) is 5.88 Å². The van der Waals surface area contributed by atoms with Gasteiger partial charge in [0.2, 0.25) is 11.8 Å². The molecule has 0 saturated carbocycles. The van der Waals surface area contributed by atoms with E-state index in [1.54, 1.807) is 12.1 Å². The molecule has 9 heteroatoms. The molecule has 172 valence electrons. The van der Waals surface area contributed by atoms with Gasteiger partial charge >= 0.3 is 5.69 Å². The maximum Gasteiger partial charge on any atom is 0.333 e. The van der Waals surface area contributed by atoms with Crippen LogP contribution in [0.4, 0.5) is 5.69 Å². The molecule has 0 unspecified atom stereocenters. The van der Waals surface area contributed by atoms with Gasteiger partial charge in [0.1, 0.15) is 10.6 Å². The lowest BCUT2D eigenvalue weighted by Crippen LogP contribution is -2.48. The van der Waals surface area contributed by atoms with Gasteiger partial charge in [0, 0.05) is 26.2 Å². The summed E-state index contributed by atoms with van der Waals surface area (Å²) in [6.45, 7) is 6.06. The van der Waals surface area contributed by atoms with E-state index < -0.39 is 17.1 Å². The molecule has 1 amide bonds. The molecule has 2 aromatic rings. The number of rotatable bonds is 4. The molecule has 8 nitrogen and oxygen atoms in total. The van der Waals surface area contributed by atoms with E-state index in [9.17, 15) is 19.5 Å². The molecule has 0 radical (unpaired) electrons. The Hall–Kier alpha value is -2.81. The first-order valence-electron chi connectivity index (χ1n) is 10.7. The highest BCUT2D eigenvalue weighted by Crippen LogP contribution is 2.26. The van der Waals surface area contributed by atoms with Gasteiger partial charge in [0.15, 0.2) is 0 Å². The predicted molar refractivity (Wildman–Crippen MR) is 128 cm³/mol. The van der Waals surface area contributed by atoms with E-state index in [1.165, 1.54) is 14.1 Å². The maximum absolute atomic E-state index is 13.1. The molecule has 1 aliphatic heterocycles. The van der Waals surface area contributed by atoms with Gasteiger partial charge in [-0.1, -0.05) is 29.5 Å². The summed E-state index contributed by atoms with van der Waals surface area (Å²) in [5, 5.41) is 10.8. The first-order valence-corrected chi connectivity index (χ1v) is 11.7. The molecule has 2 heterocycles. The Kier molecular flexibility index (Phi) is 7.28. The zero-order valence-corrected chi connectivity index (χ0v) is 20.0. The topological polar surface area (TPSA) is 96.9 Å². The lowest BCUT2D eigenvalue weighted by atomic mass is 9.98. The summed E-state index contributed by atoms with van der Waals surface area (Å²) in [6, 6.07) is 7.70. The van der Waals surface area contributed by atoms with E-state index >= 15 is 0 Å². The zero-order valence-electron chi connectivity index (χ0n) is 19.2. The highest BCUT2D eigenvalue weighted by molar-refractivity contribution is 8.15. The standard InChI is InChI=1S/C23H30N4O4S/c1-14-9-11-17(12-10-14)24-20(19-21(29)25(4)23(31)26(5)22(19)30)32-13-18(28)27-15(2)7-6-8-16(27)3/h9-12,15-16,29H,6-8,13H2,1-5H3/t15-,16-/m1/s1. The molecule has 1 saturated heterocycles. The highest BCUT2D eigenvalue weighted by atomic mass is 32.2. The molecule has 1 aromatic heterocycles. The number of hydrogen-bond acceptors (Lipinski definition) is 6. The van der Waals surface area contributed by atoms with Crippen molar-refractivity contribution in [1.29, 1.82) is 0 Å². The van der Waals surface area contributed by atoms with Crippen LogP contribution in [-0.2, 0) is 18.9 Å². The molecule has 1 N–H and O–H groups in total. The number of aromatic nitrogens is 2. The molecule has 1 aromatic carbocycles. The van der Waals surface area contributed by atoms with Crippen LogP contribution in [0.5, 0.6) is 5.88 Å². The minimum absolute atomic E-state index is 0.0348. The van der Waals surface area contributed by atoms with Crippen molar-refractivity contribution in [3.05, 3.63) is 56.2 Å². The monoisotopic (exact) mass is 458 g/mol. The Bertz CT molecular complexity index is 1140. The van der Waals surface area contributed by atoms with Crippen molar-refractivity contribution in [2.75, 3.05) is 5.75 Å². The van der Waals surface area contributed by atoms with Crippen molar-refractivity contribution >= 4 is 28.4 Å². The number of benzene rings is 1. The van der Waals surface area contributed by atoms with Crippen LogP contribution in [0.1, 0.15) is 44.2 Å². The summed E-state index contributed by atoms with van der Waals surface area (Å²) in [5.41, 5.74) is 0.259. The van der Waals surface area contributed by atoms with E-state index in [0.29, 0.717) is 5.69 Å². The zero-order chi connectivity index (χ0) is 23.6. The van der Waals surface area contributed by atoms with E-state index in [4.69, 9.17) is 0 Å². The van der Waals surface area contributed by atoms with Crippen LogP contribution >= 0.6 is 11.8 Å². The number of amides is 1. The third kappa shape index (κ3) is 4.82. The van der Waals surface area contributed by atoms with Gasteiger partial charge in [-0.15, -0.1) is 0 Å². The minimum Gasteiger partial charge on any atom is -0.494 e. The van der Waals surface area contributed by atoms with Crippen LogP contribution in [0, 0.1) is 6.92 Å². The summed E-state index contributed by atoms with van der Waals surface area (Å²) < 4.78 is 1.93. The molecule has 0 aliphatic carbocycles. The lowest BCUT2D eigenvalue weighted by molar-refractivity contribution is -0.134. The number of nitrogens with zero attached hydrogens (tertiary/aromatic N) is 4. The Balaban J connectivity index is 2.02. The van der Waals surface area contributed by atoms with Crippen LogP contribution in [0.3, 0.4) is 0 Å². The van der Waals surface area contributed by atoms with Crippen LogP contribution < -0.4 is 11.2 Å². The van der Waals surface area contributed by atoms with Gasteiger partial charge in [-0.3, -0.25) is 18.7 Å². The minimum atomic E-state index is -0.656. The van der Waals surface area contributed by atoms with Crippen LogP contribution in [-0.4, -0.2) is 47.9 Å². The molecular weight excluding hydrogens is 428 g/mol. The number of hydrogen-bond donors (Lipinski definition) is 1. The van der Waals surface area contributed by atoms with Gasteiger partial charge in [-0.05, 0) is 52.2 Å². The summed E-state index contributed by atoms with van der Waals surface area (Å²) in [4.78, 5) is 44.6. The number of carbonyl (C=O) groups excluding carboxylic acids is 1. The summed E-state index contributed by atoms with van der Waals surface area (Å²) >= 11 is 1.10. The molecule has 3 rings (SSSR count). The number of thioether (sulfide) groups is 1. The molecular formula is C23H30N4O4S. The lowest BCUT2D eigenvalue weighted by Gasteiger charge is -2.39. The second-order valence-corrected chi connectivity index (χ2v) is 9.34. The molecule has 1 aliphatic rings. The van der Waals surface area contributed by atoms with Crippen LogP contribution in [0.15, 0.2) is 38.8 Å². The quantitative estimate of drug-likeness (QED) is 0.561. The van der Waals surface area contributed by atoms with Gasteiger partial charge in [0.05, 0.1) is 11.4 Å². The van der Waals surface area contributed by atoms with E-state index in [2.05, 4.69) is 4.99 Å². The second-order valence-electron chi connectivity index (χ2n) is 8.38. The average Bonchev–Trinajstić information content (AvgIpc) is 2.76. The van der Waals surface area contributed by atoms with Crippen molar-refractivity contribution in [2.24, 2.45) is 19.1 Å². The first-order chi connectivity index (χ1) is 15.1. The fraction of sp³-hybridized carbons (Fsp3) is 0.478. The summed E-state index contributed by atoms with van der Waals surface area (Å²) in [7, 11) is 2.74. The first kappa shape index (κ1) is 23.8. The average molecular weight is 459 g/mol. The van der Waals surface area contributed by atoms with Crippen LogP contribution in [0.25, 0.3) is 0 Å². The Morgan fingerprint density at radius 1 is 1.09 bits per heavy atom. The number of aryl methyl sites for hydroxylation is 1. The normalized spacial score (nSPS) is 19.3. The Morgan fingerprint density at radius 3 is 2.28 bits per heavy atom. The van der Waals surface area contributed by atoms with Gasteiger partial charge in [0.25, 0.3) is 5.56 Å². The SMILES string of the molecule is Cc1ccc(N=C(SCC(=O)N2[C@H](C)CCC[C@H]2C)c2c(O)n(C)c(=O)n(C)c2=O)cc1. The third-order valence-corrected chi connectivity index (χ3v) is 6.89. The van der Waals surface area contributed by atoms with Crippen LogP contribution in [0.2, 0.25) is 0 Å². The number of aliphatic imine (C=N–C) groups is 1. The number of carbonyl (C=O) groups is 1. The van der Waals surface area contributed by atoms with Crippen molar-refractivity contribution in [1.82, 2.24) is 14.0 Å².